The van der Waals surface area contributed by atoms with Crippen LogP contribution in [0.4, 0.5) is 0 Å². The molecule has 1 heterocycles. The topological polar surface area (TPSA) is 3.24 Å². The minimum atomic E-state index is 0.975. The molecule has 0 unspecified atom stereocenters. The molecule has 0 aromatic heterocycles. The molecule has 9 heavy (non-hydrogen) atoms. The van der Waals surface area contributed by atoms with Crippen LogP contribution in [0.5, 0.6) is 0 Å². The fraction of sp³-hybridized carbons (Fsp3) is 0.375. The average Bonchev–Trinajstić information content (AvgIpc) is 1.78. The molecule has 0 radical (unpaired) electrons. The SMILES string of the molecule is [CH2-]/[C+]=C/CN1C[C+]([CH2-])C1. The van der Waals surface area contributed by atoms with Crippen LogP contribution in [0.15, 0.2) is 6.08 Å². The van der Waals surface area contributed by atoms with Gasteiger partial charge in [0.15, 0.2) is 0 Å². The molecule has 0 spiro atoms. The van der Waals surface area contributed by atoms with E-state index in [-0.39, 0.29) is 0 Å². The van der Waals surface area contributed by atoms with Crippen LogP contribution in [0.25, 0.3) is 0 Å². The molecular formula is C8H11N. The second-order valence-corrected chi connectivity index (χ2v) is 2.33. The van der Waals surface area contributed by atoms with Gasteiger partial charge in [0.05, 0.1) is 6.08 Å². The zero-order valence-corrected chi connectivity index (χ0v) is 5.56. The maximum Gasteiger partial charge on any atom is 0.116 e. The maximum absolute atomic E-state index is 3.83. The minimum Gasteiger partial charge on any atom is -0.239 e. The molecule has 1 rings (SSSR count). The molecular weight excluding hydrogens is 110 g/mol. The van der Waals surface area contributed by atoms with Gasteiger partial charge in [-0.3, -0.25) is 0 Å². The van der Waals surface area contributed by atoms with Gasteiger partial charge in [-0.15, -0.1) is 6.92 Å². The molecule has 1 fully saturated rings. The summed E-state index contributed by atoms with van der Waals surface area (Å²) in [4.78, 5) is 2.28. The minimum absolute atomic E-state index is 0.975. The molecule has 0 aliphatic carbocycles. The molecule has 0 aromatic carbocycles. The van der Waals surface area contributed by atoms with Gasteiger partial charge in [0.2, 0.25) is 0 Å². The summed E-state index contributed by atoms with van der Waals surface area (Å²) < 4.78 is 0. The van der Waals surface area contributed by atoms with Crippen molar-refractivity contribution in [3.8, 4) is 0 Å². The van der Waals surface area contributed by atoms with Gasteiger partial charge in [0.25, 0.3) is 0 Å². The largest absolute Gasteiger partial charge is 0.239 e. The van der Waals surface area contributed by atoms with Crippen molar-refractivity contribution in [1.82, 2.24) is 4.90 Å². The summed E-state index contributed by atoms with van der Waals surface area (Å²) in [5.41, 5.74) is 0. The van der Waals surface area contributed by atoms with Crippen LogP contribution in [0, 0.1) is 25.8 Å². The number of nitrogens with zero attached hydrogens (tertiary/aromatic N) is 1. The first kappa shape index (κ1) is 6.47. The lowest BCUT2D eigenvalue weighted by Gasteiger charge is -2.30. The molecule has 1 saturated heterocycles. The van der Waals surface area contributed by atoms with Crippen LogP contribution in [0.1, 0.15) is 0 Å². The highest BCUT2D eigenvalue weighted by molar-refractivity contribution is 5.08. The normalized spacial score (nSPS) is 19.9. The fourth-order valence-corrected chi connectivity index (χ4v) is 0.909. The van der Waals surface area contributed by atoms with Crippen LogP contribution in [-0.4, -0.2) is 24.5 Å². The Morgan fingerprint density at radius 3 is 2.78 bits per heavy atom. The lowest BCUT2D eigenvalue weighted by molar-refractivity contribution is 0.245. The Balaban J connectivity index is 2.04. The quantitative estimate of drug-likeness (QED) is 0.491. The summed E-state index contributed by atoms with van der Waals surface area (Å²) in [6, 6.07) is 0. The molecule has 0 amide bonds. The van der Waals surface area contributed by atoms with Gasteiger partial charge in [-0.05, 0) is 5.92 Å². The molecule has 48 valence electrons. The van der Waals surface area contributed by atoms with E-state index in [1.807, 2.05) is 6.08 Å². The van der Waals surface area contributed by atoms with E-state index in [0.717, 1.165) is 19.6 Å². The van der Waals surface area contributed by atoms with Crippen molar-refractivity contribution in [1.29, 1.82) is 0 Å². The highest BCUT2D eigenvalue weighted by atomic mass is 15.2. The van der Waals surface area contributed by atoms with E-state index in [1.165, 1.54) is 5.92 Å². The van der Waals surface area contributed by atoms with Gasteiger partial charge in [0, 0.05) is 19.5 Å². The number of likely N-dealkylation sites (tertiary alicyclic amines) is 1. The second kappa shape index (κ2) is 2.77. The summed E-state index contributed by atoms with van der Waals surface area (Å²) in [5.74, 6) is 1.33. The Kier molecular flexibility index (Phi) is 1.99. The van der Waals surface area contributed by atoms with E-state index in [4.69, 9.17) is 0 Å². The van der Waals surface area contributed by atoms with Gasteiger partial charge in [-0.1, -0.05) is 0 Å². The number of allylic oxidation sites excluding steroid dienone is 1. The van der Waals surface area contributed by atoms with Gasteiger partial charge in [0.1, 0.15) is 13.1 Å². The van der Waals surface area contributed by atoms with Crippen molar-refractivity contribution in [3.63, 3.8) is 0 Å². The predicted molar refractivity (Wildman–Crippen MR) is 38.2 cm³/mol. The molecule has 1 nitrogen and oxygen atoms in total. The molecule has 0 saturated carbocycles. The van der Waals surface area contributed by atoms with Gasteiger partial charge >= 0.3 is 0 Å². The summed E-state index contributed by atoms with van der Waals surface area (Å²) in [7, 11) is 0. The van der Waals surface area contributed by atoms with E-state index in [9.17, 15) is 0 Å². The number of hydrogen-bond donors (Lipinski definition) is 0. The first-order chi connectivity index (χ1) is 4.33. The zero-order valence-electron chi connectivity index (χ0n) is 5.56. The number of hydrogen-bond acceptors (Lipinski definition) is 1. The van der Waals surface area contributed by atoms with Crippen molar-refractivity contribution >= 4 is 0 Å². The Bertz CT molecular complexity index is 101. The highest BCUT2D eigenvalue weighted by Gasteiger charge is 2.25. The lowest BCUT2D eigenvalue weighted by atomic mass is 10.0. The third kappa shape index (κ3) is 1.63. The molecule has 0 bridgehead atoms. The van der Waals surface area contributed by atoms with E-state index in [0.29, 0.717) is 0 Å². The van der Waals surface area contributed by atoms with Gasteiger partial charge in [-0.2, -0.15) is 0 Å². The Morgan fingerprint density at radius 1 is 1.67 bits per heavy atom. The van der Waals surface area contributed by atoms with Crippen molar-refractivity contribution in [2.45, 2.75) is 0 Å². The molecule has 1 heteroatoms. The second-order valence-electron chi connectivity index (χ2n) is 2.33. The predicted octanol–water partition coefficient (Wildman–Crippen LogP) is 0.904. The third-order valence-corrected chi connectivity index (χ3v) is 1.39. The van der Waals surface area contributed by atoms with Crippen molar-refractivity contribution in [2.24, 2.45) is 0 Å². The smallest absolute Gasteiger partial charge is 0.116 e. The van der Waals surface area contributed by atoms with Crippen LogP contribution < -0.4 is 0 Å². The summed E-state index contributed by atoms with van der Waals surface area (Å²) >= 11 is 0. The fourth-order valence-electron chi connectivity index (χ4n) is 0.909. The lowest BCUT2D eigenvalue weighted by Crippen LogP contribution is -2.43. The first-order valence-corrected chi connectivity index (χ1v) is 3.06. The van der Waals surface area contributed by atoms with Crippen molar-refractivity contribution in [3.05, 3.63) is 31.9 Å². The monoisotopic (exact) mass is 121 g/mol. The molecule has 0 atom stereocenters. The molecule has 1 aliphatic heterocycles. The van der Waals surface area contributed by atoms with Crippen molar-refractivity contribution < 1.29 is 0 Å². The first-order valence-electron chi connectivity index (χ1n) is 3.06. The van der Waals surface area contributed by atoms with Gasteiger partial charge in [-0.25, -0.2) is 4.90 Å². The van der Waals surface area contributed by atoms with Gasteiger partial charge < -0.3 is 0 Å². The van der Waals surface area contributed by atoms with E-state index >= 15 is 0 Å². The Hall–Kier alpha value is -0.650. The molecule has 0 N–H and O–H groups in total. The summed E-state index contributed by atoms with van der Waals surface area (Å²) in [6.45, 7) is 10.4. The van der Waals surface area contributed by atoms with Crippen LogP contribution in [0.3, 0.4) is 0 Å². The maximum atomic E-state index is 3.83. The van der Waals surface area contributed by atoms with Crippen molar-refractivity contribution in [2.75, 3.05) is 19.6 Å². The number of rotatable bonds is 2. The van der Waals surface area contributed by atoms with Crippen LogP contribution in [-0.2, 0) is 0 Å². The molecule has 1 aliphatic rings. The zero-order chi connectivity index (χ0) is 6.69. The average molecular weight is 121 g/mol. The Labute approximate surface area is 57.4 Å². The molecule has 0 aromatic rings. The van der Waals surface area contributed by atoms with E-state index in [2.05, 4.69) is 24.8 Å². The summed E-state index contributed by atoms with van der Waals surface area (Å²) in [6.07, 6.45) is 4.67. The standard InChI is InChI=1S/C8H11N/c1-3-4-5-9-6-8(2)7-9/h4H,1-2,5-7H2. The third-order valence-electron chi connectivity index (χ3n) is 1.39. The van der Waals surface area contributed by atoms with E-state index in [1.54, 1.807) is 0 Å². The Morgan fingerprint density at radius 2 is 2.33 bits per heavy atom. The van der Waals surface area contributed by atoms with E-state index < -0.39 is 0 Å². The highest BCUT2D eigenvalue weighted by Crippen LogP contribution is 2.14. The summed E-state index contributed by atoms with van der Waals surface area (Å²) in [5, 5.41) is 0. The van der Waals surface area contributed by atoms with Crippen LogP contribution in [0.2, 0.25) is 0 Å². The van der Waals surface area contributed by atoms with Crippen LogP contribution >= 0.6 is 0 Å².